The van der Waals surface area contributed by atoms with Gasteiger partial charge in [-0.1, -0.05) is 24.3 Å². The first-order valence-corrected chi connectivity index (χ1v) is 7.65. The monoisotopic (exact) mass is 314 g/mol. The fraction of sp³-hybridized carbons (Fsp3) is 0.278. The summed E-state index contributed by atoms with van der Waals surface area (Å²) in [4.78, 5) is 6.18. The molecular formula is C18H23FN4. The van der Waals surface area contributed by atoms with Crippen LogP contribution in [0.4, 0.5) is 15.8 Å². The first-order chi connectivity index (χ1) is 11.1. The van der Waals surface area contributed by atoms with E-state index >= 15 is 0 Å². The highest BCUT2D eigenvalue weighted by atomic mass is 19.1. The van der Waals surface area contributed by atoms with E-state index in [-0.39, 0.29) is 5.82 Å². The van der Waals surface area contributed by atoms with Gasteiger partial charge in [-0.25, -0.2) is 4.39 Å². The predicted molar refractivity (Wildman–Crippen MR) is 95.6 cm³/mol. The van der Waals surface area contributed by atoms with Crippen molar-refractivity contribution in [3.63, 3.8) is 0 Å². The molecule has 0 saturated heterocycles. The molecule has 0 aliphatic carbocycles. The van der Waals surface area contributed by atoms with E-state index in [1.165, 1.54) is 6.07 Å². The lowest BCUT2D eigenvalue weighted by Crippen LogP contribution is -2.24. The number of aryl methyl sites for hydroxylation is 1. The van der Waals surface area contributed by atoms with E-state index in [1.807, 2.05) is 49.2 Å². The topological polar surface area (TPSA) is 53.6 Å². The van der Waals surface area contributed by atoms with Gasteiger partial charge < -0.3 is 16.0 Å². The second-order valence-corrected chi connectivity index (χ2v) is 5.49. The molecule has 0 saturated carbocycles. The van der Waals surface area contributed by atoms with Gasteiger partial charge in [-0.15, -0.1) is 0 Å². The molecular weight excluding hydrogens is 291 g/mol. The highest BCUT2D eigenvalue weighted by Crippen LogP contribution is 2.16. The Bertz CT molecular complexity index is 670. The summed E-state index contributed by atoms with van der Waals surface area (Å²) in [6.07, 6.45) is 0.793. The second kappa shape index (κ2) is 8.17. The summed E-state index contributed by atoms with van der Waals surface area (Å²) < 4.78 is 13.7. The van der Waals surface area contributed by atoms with Crippen LogP contribution in [0, 0.1) is 12.7 Å². The van der Waals surface area contributed by atoms with Crippen molar-refractivity contribution in [1.82, 2.24) is 0 Å². The summed E-state index contributed by atoms with van der Waals surface area (Å²) in [7, 11) is 1.87. The Morgan fingerprint density at radius 3 is 2.74 bits per heavy atom. The van der Waals surface area contributed by atoms with Gasteiger partial charge in [0, 0.05) is 25.8 Å². The average Bonchev–Trinajstić information content (AvgIpc) is 2.52. The van der Waals surface area contributed by atoms with Crippen LogP contribution in [-0.2, 0) is 0 Å². The molecule has 0 bridgehead atoms. The van der Waals surface area contributed by atoms with E-state index in [0.717, 1.165) is 17.7 Å². The second-order valence-electron chi connectivity index (χ2n) is 5.49. The number of nitrogens with two attached hydrogens (primary N) is 1. The summed E-state index contributed by atoms with van der Waals surface area (Å²) in [6.45, 7) is 3.32. The number of para-hydroxylation sites is 1. The number of hydrogen-bond donors (Lipinski definition) is 2. The van der Waals surface area contributed by atoms with E-state index in [0.29, 0.717) is 24.7 Å². The van der Waals surface area contributed by atoms with Gasteiger partial charge in [0.25, 0.3) is 0 Å². The van der Waals surface area contributed by atoms with Gasteiger partial charge in [0.2, 0.25) is 0 Å². The van der Waals surface area contributed by atoms with Crippen molar-refractivity contribution in [1.29, 1.82) is 0 Å². The summed E-state index contributed by atoms with van der Waals surface area (Å²) in [6, 6.07) is 14.7. The number of guanidine groups is 1. The zero-order chi connectivity index (χ0) is 16.7. The molecule has 5 heteroatoms. The maximum absolute atomic E-state index is 13.7. The molecule has 2 aromatic rings. The lowest BCUT2D eigenvalue weighted by Gasteiger charge is -2.19. The number of aliphatic imine (C=N–C) groups is 1. The third-order valence-corrected chi connectivity index (χ3v) is 3.49. The molecule has 0 aliphatic rings. The third kappa shape index (κ3) is 5.29. The largest absolute Gasteiger partial charge is 0.372 e. The Labute approximate surface area is 136 Å². The number of benzene rings is 2. The van der Waals surface area contributed by atoms with Crippen LogP contribution >= 0.6 is 0 Å². The zero-order valence-electron chi connectivity index (χ0n) is 13.6. The summed E-state index contributed by atoms with van der Waals surface area (Å²) in [5.41, 5.74) is 8.56. The maximum atomic E-state index is 13.7. The molecule has 122 valence electrons. The molecule has 0 spiro atoms. The minimum absolute atomic E-state index is 0.209. The first kappa shape index (κ1) is 16.8. The van der Waals surface area contributed by atoms with Gasteiger partial charge in [-0.3, -0.25) is 4.99 Å². The standard InChI is InChI=1S/C18H23FN4/c1-14-7-5-8-15(13-14)22-18(20)21-11-6-12-23(2)17-10-4-3-9-16(17)19/h3-5,7-10,13H,6,11-12H2,1-2H3,(H3,20,21,22). The van der Waals surface area contributed by atoms with Crippen molar-refractivity contribution >= 4 is 17.3 Å². The quantitative estimate of drug-likeness (QED) is 0.488. The Morgan fingerprint density at radius 2 is 2.00 bits per heavy atom. The van der Waals surface area contributed by atoms with Crippen LogP contribution in [0.15, 0.2) is 53.5 Å². The van der Waals surface area contributed by atoms with Crippen molar-refractivity contribution in [2.75, 3.05) is 30.4 Å². The number of nitrogens with zero attached hydrogens (tertiary/aromatic N) is 2. The lowest BCUT2D eigenvalue weighted by molar-refractivity contribution is 0.620. The van der Waals surface area contributed by atoms with E-state index < -0.39 is 0 Å². The van der Waals surface area contributed by atoms with E-state index in [1.54, 1.807) is 12.1 Å². The minimum Gasteiger partial charge on any atom is -0.372 e. The van der Waals surface area contributed by atoms with Crippen LogP contribution in [0.25, 0.3) is 0 Å². The molecule has 0 radical (unpaired) electrons. The normalized spacial score (nSPS) is 11.3. The number of rotatable bonds is 6. The molecule has 0 fully saturated rings. The van der Waals surface area contributed by atoms with Gasteiger partial charge >= 0.3 is 0 Å². The number of anilines is 2. The molecule has 2 rings (SSSR count). The Balaban J connectivity index is 1.79. The van der Waals surface area contributed by atoms with E-state index in [9.17, 15) is 4.39 Å². The molecule has 0 aromatic heterocycles. The molecule has 0 amide bonds. The maximum Gasteiger partial charge on any atom is 0.193 e. The molecule has 0 atom stereocenters. The molecule has 2 aromatic carbocycles. The van der Waals surface area contributed by atoms with Crippen LogP contribution in [0.2, 0.25) is 0 Å². The summed E-state index contributed by atoms with van der Waals surface area (Å²) in [5.74, 6) is 0.184. The fourth-order valence-electron chi connectivity index (χ4n) is 2.30. The molecule has 0 heterocycles. The summed E-state index contributed by atoms with van der Waals surface area (Å²) >= 11 is 0. The highest BCUT2D eigenvalue weighted by molar-refractivity contribution is 5.92. The summed E-state index contributed by atoms with van der Waals surface area (Å²) in [5, 5.41) is 3.07. The SMILES string of the molecule is Cc1cccc(NC(N)=NCCCN(C)c2ccccc2F)c1. The number of hydrogen-bond acceptors (Lipinski definition) is 2. The van der Waals surface area contributed by atoms with Crippen molar-refractivity contribution in [3.05, 3.63) is 59.9 Å². The minimum atomic E-state index is -0.209. The number of halogens is 1. The zero-order valence-corrected chi connectivity index (χ0v) is 13.6. The molecule has 0 aliphatic heterocycles. The Morgan fingerprint density at radius 1 is 1.22 bits per heavy atom. The van der Waals surface area contributed by atoms with Crippen LogP contribution in [0.3, 0.4) is 0 Å². The van der Waals surface area contributed by atoms with Gasteiger partial charge in [-0.05, 0) is 43.2 Å². The fourth-order valence-corrected chi connectivity index (χ4v) is 2.30. The number of nitrogens with one attached hydrogen (secondary N) is 1. The van der Waals surface area contributed by atoms with Crippen LogP contribution < -0.4 is 16.0 Å². The van der Waals surface area contributed by atoms with Crippen molar-refractivity contribution in [2.24, 2.45) is 10.7 Å². The van der Waals surface area contributed by atoms with E-state index in [2.05, 4.69) is 10.3 Å². The Kier molecular flexibility index (Phi) is 5.97. The van der Waals surface area contributed by atoms with Gasteiger partial charge in [0.1, 0.15) is 5.82 Å². The van der Waals surface area contributed by atoms with Crippen molar-refractivity contribution in [2.45, 2.75) is 13.3 Å². The van der Waals surface area contributed by atoms with Gasteiger partial charge in [0.05, 0.1) is 5.69 Å². The van der Waals surface area contributed by atoms with E-state index in [4.69, 9.17) is 5.73 Å². The molecule has 4 nitrogen and oxygen atoms in total. The van der Waals surface area contributed by atoms with Gasteiger partial charge in [0.15, 0.2) is 5.96 Å². The Hall–Kier alpha value is -2.56. The van der Waals surface area contributed by atoms with Crippen molar-refractivity contribution in [3.8, 4) is 0 Å². The molecule has 23 heavy (non-hydrogen) atoms. The molecule has 3 N–H and O–H groups in total. The third-order valence-electron chi connectivity index (χ3n) is 3.49. The van der Waals surface area contributed by atoms with Crippen LogP contribution in [0.1, 0.15) is 12.0 Å². The van der Waals surface area contributed by atoms with Crippen LogP contribution in [-0.4, -0.2) is 26.1 Å². The lowest BCUT2D eigenvalue weighted by atomic mass is 10.2. The first-order valence-electron chi connectivity index (χ1n) is 7.65. The highest BCUT2D eigenvalue weighted by Gasteiger charge is 2.05. The smallest absolute Gasteiger partial charge is 0.193 e. The van der Waals surface area contributed by atoms with Gasteiger partial charge in [-0.2, -0.15) is 0 Å². The predicted octanol–water partition coefficient (Wildman–Crippen LogP) is 3.39. The van der Waals surface area contributed by atoms with Crippen molar-refractivity contribution < 1.29 is 4.39 Å². The molecule has 0 unspecified atom stereocenters. The average molecular weight is 314 g/mol. The van der Waals surface area contributed by atoms with Crippen LogP contribution in [0.5, 0.6) is 0 Å².